The van der Waals surface area contributed by atoms with Gasteiger partial charge in [-0.25, -0.2) is 4.79 Å². The molecule has 3 unspecified atom stereocenters. The molecule has 3 nitrogen and oxygen atoms in total. The van der Waals surface area contributed by atoms with E-state index < -0.39 is 0 Å². The van der Waals surface area contributed by atoms with Gasteiger partial charge in [-0.3, -0.25) is 0 Å². The Labute approximate surface area is 128 Å². The van der Waals surface area contributed by atoms with E-state index in [-0.39, 0.29) is 23.2 Å². The Morgan fingerprint density at radius 1 is 1.24 bits per heavy atom. The maximum atomic E-state index is 12.1. The molecule has 4 aliphatic rings. The number of hydrogen-bond acceptors (Lipinski definition) is 3. The fraction of sp³-hybridized carbons (Fsp3) is 0.833. The number of carbonyl (C=O) groups excluding carboxylic acids is 1. The molecule has 0 aromatic rings. The lowest BCUT2D eigenvalue weighted by Crippen LogP contribution is -2.57. The first-order valence-corrected chi connectivity index (χ1v) is 8.52. The van der Waals surface area contributed by atoms with Gasteiger partial charge >= 0.3 is 5.97 Å². The highest BCUT2D eigenvalue weighted by Gasteiger charge is 2.58. The molecule has 4 fully saturated rings. The van der Waals surface area contributed by atoms with Gasteiger partial charge in [-0.1, -0.05) is 19.8 Å². The summed E-state index contributed by atoms with van der Waals surface area (Å²) in [5.41, 5.74) is 0.244. The minimum atomic E-state index is -0.356. The van der Waals surface area contributed by atoms with Crippen LogP contribution in [0.5, 0.6) is 0 Å². The van der Waals surface area contributed by atoms with E-state index in [4.69, 9.17) is 9.47 Å². The van der Waals surface area contributed by atoms with E-state index >= 15 is 0 Å². The molecule has 4 bridgehead atoms. The number of rotatable bonds is 6. The zero-order chi connectivity index (χ0) is 15.0. The summed E-state index contributed by atoms with van der Waals surface area (Å²) in [5.74, 6) is 2.10. The molecule has 21 heavy (non-hydrogen) atoms. The third kappa shape index (κ3) is 2.60. The van der Waals surface area contributed by atoms with Crippen molar-refractivity contribution in [1.82, 2.24) is 0 Å². The van der Waals surface area contributed by atoms with Crippen LogP contribution in [0, 0.1) is 23.2 Å². The topological polar surface area (TPSA) is 35.5 Å². The Bertz CT molecular complexity index is 414. The number of carbonyl (C=O) groups is 1. The number of ether oxygens (including phenoxy) is 2. The molecule has 0 aromatic carbocycles. The van der Waals surface area contributed by atoms with E-state index in [1.807, 2.05) is 0 Å². The molecule has 0 spiro atoms. The molecule has 0 aliphatic heterocycles. The van der Waals surface area contributed by atoms with Crippen LogP contribution >= 0.6 is 0 Å². The van der Waals surface area contributed by atoms with E-state index in [1.54, 1.807) is 0 Å². The van der Waals surface area contributed by atoms with Crippen molar-refractivity contribution in [3.05, 3.63) is 12.3 Å². The smallest absolute Gasteiger partial charge is 0.373 e. The van der Waals surface area contributed by atoms with Gasteiger partial charge in [0.05, 0.1) is 7.11 Å². The van der Waals surface area contributed by atoms with Crippen molar-refractivity contribution >= 4 is 5.97 Å². The monoisotopic (exact) mass is 292 g/mol. The standard InChI is InChI=1S/C18H28O3/c1-4-5-6-18-10-13-7-14(11-18)9-15(8-13)16(18)21-17(19)12(2)20-3/h13-16H,2,4-11H2,1,3H3. The highest BCUT2D eigenvalue weighted by molar-refractivity contribution is 5.85. The summed E-state index contributed by atoms with van der Waals surface area (Å²) in [5, 5.41) is 0. The Balaban J connectivity index is 1.79. The minimum Gasteiger partial charge on any atom is -0.490 e. The van der Waals surface area contributed by atoms with E-state index in [1.165, 1.54) is 58.5 Å². The number of hydrogen-bond donors (Lipinski definition) is 0. The van der Waals surface area contributed by atoms with Crippen molar-refractivity contribution in [2.45, 2.75) is 64.4 Å². The Morgan fingerprint density at radius 2 is 1.90 bits per heavy atom. The van der Waals surface area contributed by atoms with Gasteiger partial charge in [0.25, 0.3) is 0 Å². The largest absolute Gasteiger partial charge is 0.490 e. The lowest BCUT2D eigenvalue weighted by atomic mass is 9.47. The molecular weight excluding hydrogens is 264 g/mol. The summed E-state index contributed by atoms with van der Waals surface area (Å²) < 4.78 is 10.9. The molecule has 0 heterocycles. The van der Waals surface area contributed by atoms with Crippen LogP contribution in [0.3, 0.4) is 0 Å². The van der Waals surface area contributed by atoms with Gasteiger partial charge in [0.2, 0.25) is 0 Å². The van der Waals surface area contributed by atoms with Gasteiger partial charge in [-0.2, -0.15) is 0 Å². The van der Waals surface area contributed by atoms with Gasteiger partial charge in [0, 0.05) is 5.41 Å². The fourth-order valence-corrected chi connectivity index (χ4v) is 5.52. The summed E-state index contributed by atoms with van der Waals surface area (Å²) in [6.07, 6.45) is 10.2. The lowest BCUT2D eigenvalue weighted by molar-refractivity contribution is -0.194. The van der Waals surface area contributed by atoms with Crippen molar-refractivity contribution in [2.24, 2.45) is 23.2 Å². The maximum Gasteiger partial charge on any atom is 0.373 e. The first-order chi connectivity index (χ1) is 10.1. The van der Waals surface area contributed by atoms with Crippen LogP contribution in [0.15, 0.2) is 12.3 Å². The van der Waals surface area contributed by atoms with E-state index in [0.717, 1.165) is 11.8 Å². The second kappa shape index (κ2) is 5.66. The van der Waals surface area contributed by atoms with Crippen LogP contribution in [0.1, 0.15) is 58.3 Å². The molecule has 4 saturated carbocycles. The first kappa shape index (κ1) is 14.9. The molecule has 3 atom stereocenters. The van der Waals surface area contributed by atoms with Crippen molar-refractivity contribution < 1.29 is 14.3 Å². The molecule has 0 radical (unpaired) electrons. The molecule has 0 amide bonds. The van der Waals surface area contributed by atoms with Gasteiger partial charge in [-0.05, 0) is 62.9 Å². The summed E-state index contributed by atoms with van der Waals surface area (Å²) in [6, 6.07) is 0. The zero-order valence-electron chi connectivity index (χ0n) is 13.4. The van der Waals surface area contributed by atoms with Crippen LogP contribution in [-0.4, -0.2) is 19.2 Å². The van der Waals surface area contributed by atoms with E-state index in [0.29, 0.717) is 5.92 Å². The fourth-order valence-electron chi connectivity index (χ4n) is 5.52. The van der Waals surface area contributed by atoms with Crippen LogP contribution in [0.4, 0.5) is 0 Å². The summed E-state index contributed by atoms with van der Waals surface area (Å²) in [7, 11) is 1.48. The van der Waals surface area contributed by atoms with Gasteiger partial charge in [0.1, 0.15) is 6.10 Å². The molecule has 0 saturated heterocycles. The second-order valence-electron chi connectivity index (χ2n) is 7.53. The molecule has 0 aromatic heterocycles. The molecular formula is C18H28O3. The van der Waals surface area contributed by atoms with Crippen molar-refractivity contribution in [2.75, 3.05) is 7.11 Å². The Kier molecular flexibility index (Phi) is 4.02. The lowest BCUT2D eigenvalue weighted by Gasteiger charge is -2.60. The Morgan fingerprint density at radius 3 is 2.48 bits per heavy atom. The number of methoxy groups -OCH3 is 1. The normalized spacial score (nSPS) is 40.1. The van der Waals surface area contributed by atoms with Crippen molar-refractivity contribution in [1.29, 1.82) is 0 Å². The molecule has 4 rings (SSSR count). The predicted octanol–water partition coefficient (Wildman–Crippen LogP) is 4.07. The summed E-state index contributed by atoms with van der Waals surface area (Å²) in [6.45, 7) is 5.89. The molecule has 4 aliphatic carbocycles. The highest BCUT2D eigenvalue weighted by atomic mass is 16.6. The van der Waals surface area contributed by atoms with Crippen LogP contribution in [0.2, 0.25) is 0 Å². The Hall–Kier alpha value is -0.990. The molecule has 0 N–H and O–H groups in total. The third-order valence-electron chi connectivity index (χ3n) is 6.10. The first-order valence-electron chi connectivity index (χ1n) is 8.52. The zero-order valence-corrected chi connectivity index (χ0v) is 13.4. The van der Waals surface area contributed by atoms with Crippen LogP contribution < -0.4 is 0 Å². The third-order valence-corrected chi connectivity index (χ3v) is 6.10. The second-order valence-corrected chi connectivity index (χ2v) is 7.53. The van der Waals surface area contributed by atoms with Gasteiger partial charge in [0.15, 0.2) is 5.76 Å². The predicted molar refractivity (Wildman–Crippen MR) is 81.5 cm³/mol. The average molecular weight is 292 g/mol. The SMILES string of the molecule is C=C(OC)C(=O)OC1C2CC3CC(C2)CC1(CCCC)C3. The summed E-state index contributed by atoms with van der Waals surface area (Å²) >= 11 is 0. The van der Waals surface area contributed by atoms with E-state index in [2.05, 4.69) is 13.5 Å². The van der Waals surface area contributed by atoms with Crippen LogP contribution in [0.25, 0.3) is 0 Å². The van der Waals surface area contributed by atoms with Gasteiger partial charge in [-0.15, -0.1) is 0 Å². The van der Waals surface area contributed by atoms with Crippen molar-refractivity contribution in [3.63, 3.8) is 0 Å². The van der Waals surface area contributed by atoms with Crippen LogP contribution in [-0.2, 0) is 14.3 Å². The molecule has 3 heteroatoms. The number of esters is 1. The average Bonchev–Trinajstić information content (AvgIpc) is 2.47. The van der Waals surface area contributed by atoms with E-state index in [9.17, 15) is 4.79 Å². The van der Waals surface area contributed by atoms with Gasteiger partial charge < -0.3 is 9.47 Å². The molecule has 118 valence electrons. The maximum absolute atomic E-state index is 12.1. The quantitative estimate of drug-likeness (QED) is 0.420. The highest BCUT2D eigenvalue weighted by Crippen LogP contribution is 2.62. The minimum absolute atomic E-state index is 0.0937. The number of unbranched alkanes of at least 4 members (excludes halogenated alkanes) is 1. The summed E-state index contributed by atoms with van der Waals surface area (Å²) in [4.78, 5) is 12.1. The van der Waals surface area contributed by atoms with Crippen molar-refractivity contribution in [3.8, 4) is 0 Å².